The van der Waals surface area contributed by atoms with E-state index >= 15 is 0 Å². The van der Waals surface area contributed by atoms with Crippen LogP contribution in [-0.2, 0) is 0 Å². The zero-order chi connectivity index (χ0) is 12.3. The highest BCUT2D eigenvalue weighted by atomic mass is 32.2. The van der Waals surface area contributed by atoms with Gasteiger partial charge in [-0.15, -0.1) is 0 Å². The molecule has 0 unspecified atom stereocenters. The lowest BCUT2D eigenvalue weighted by atomic mass is 10.3. The molecular weight excluding hydrogens is 239 g/mol. The van der Waals surface area contributed by atoms with E-state index in [2.05, 4.69) is 15.3 Å². The molecule has 88 valence electrons. The first-order chi connectivity index (χ1) is 8.19. The largest absolute Gasteiger partial charge is 0.383 e. The average Bonchev–Trinajstić information content (AvgIpc) is 2.31. The first-order valence-electron chi connectivity index (χ1n) is 4.89. The molecule has 0 saturated heterocycles. The monoisotopic (exact) mass is 250 g/mol. The van der Waals surface area contributed by atoms with Crippen molar-refractivity contribution in [2.24, 2.45) is 0 Å². The summed E-state index contributed by atoms with van der Waals surface area (Å²) in [6, 6.07) is 7.94. The van der Waals surface area contributed by atoms with Crippen LogP contribution < -0.4 is 11.1 Å². The van der Waals surface area contributed by atoms with Crippen LogP contribution in [-0.4, -0.2) is 16.2 Å². The number of nitrogens with two attached hydrogens (primary N) is 1. The number of para-hydroxylation sites is 1. The fraction of sp³-hybridized carbons (Fsp3) is 0.0909. The van der Waals surface area contributed by atoms with Gasteiger partial charge >= 0.3 is 0 Å². The minimum absolute atomic E-state index is 0.338. The number of hydrogen-bond donors (Lipinski definition) is 2. The van der Waals surface area contributed by atoms with Crippen molar-refractivity contribution in [1.29, 1.82) is 0 Å². The Morgan fingerprint density at radius 3 is 2.76 bits per heavy atom. The zero-order valence-corrected chi connectivity index (χ0v) is 9.96. The molecule has 0 aliphatic carbocycles. The molecule has 0 atom stereocenters. The molecule has 4 nitrogen and oxygen atoms in total. The fourth-order valence-corrected chi connectivity index (χ4v) is 1.69. The van der Waals surface area contributed by atoms with Crippen LogP contribution in [0.4, 0.5) is 21.7 Å². The molecule has 0 radical (unpaired) electrons. The number of nitrogens with zero attached hydrogens (tertiary/aromatic N) is 2. The lowest BCUT2D eigenvalue weighted by Crippen LogP contribution is -2.01. The van der Waals surface area contributed by atoms with E-state index in [0.717, 1.165) is 0 Å². The minimum atomic E-state index is -0.338. The second-order valence-electron chi connectivity index (χ2n) is 3.27. The Bertz CT molecular complexity index is 533. The summed E-state index contributed by atoms with van der Waals surface area (Å²) in [5, 5.41) is 3.41. The van der Waals surface area contributed by atoms with E-state index in [0.29, 0.717) is 22.5 Å². The van der Waals surface area contributed by atoms with Gasteiger partial charge in [0, 0.05) is 6.07 Å². The molecule has 1 heterocycles. The summed E-state index contributed by atoms with van der Waals surface area (Å²) in [4.78, 5) is 8.19. The summed E-state index contributed by atoms with van der Waals surface area (Å²) in [5.74, 6) is 0.491. The van der Waals surface area contributed by atoms with Crippen LogP contribution in [0, 0.1) is 5.82 Å². The maximum Gasteiger partial charge on any atom is 0.191 e. The number of hydrogen-bond acceptors (Lipinski definition) is 5. The quantitative estimate of drug-likeness (QED) is 0.647. The van der Waals surface area contributed by atoms with Gasteiger partial charge in [-0.25, -0.2) is 14.4 Å². The molecule has 1 aromatic carbocycles. The second kappa shape index (κ2) is 5.01. The lowest BCUT2D eigenvalue weighted by molar-refractivity contribution is 0.631. The first-order valence-corrected chi connectivity index (χ1v) is 6.11. The van der Waals surface area contributed by atoms with Gasteiger partial charge in [0.25, 0.3) is 0 Å². The van der Waals surface area contributed by atoms with E-state index in [1.165, 1.54) is 17.8 Å². The van der Waals surface area contributed by atoms with E-state index < -0.39 is 0 Å². The summed E-state index contributed by atoms with van der Waals surface area (Å²) in [5.41, 5.74) is 5.99. The van der Waals surface area contributed by atoms with Gasteiger partial charge in [-0.05, 0) is 18.4 Å². The van der Waals surface area contributed by atoms with Crippen LogP contribution in [0.25, 0.3) is 0 Å². The zero-order valence-electron chi connectivity index (χ0n) is 9.14. The van der Waals surface area contributed by atoms with Crippen LogP contribution in [0.5, 0.6) is 0 Å². The van der Waals surface area contributed by atoms with Crippen molar-refractivity contribution in [2.75, 3.05) is 17.3 Å². The van der Waals surface area contributed by atoms with E-state index in [1.807, 2.05) is 6.26 Å². The predicted octanol–water partition coefficient (Wildman–Crippen LogP) is 2.66. The van der Waals surface area contributed by atoms with Gasteiger partial charge < -0.3 is 11.1 Å². The van der Waals surface area contributed by atoms with Crippen molar-refractivity contribution < 1.29 is 4.39 Å². The van der Waals surface area contributed by atoms with Crippen molar-refractivity contribution in [3.05, 3.63) is 36.1 Å². The SMILES string of the molecule is CSc1nc(N)cc(Nc2ccccc2F)n1. The predicted molar refractivity (Wildman–Crippen MR) is 67.9 cm³/mol. The normalized spacial score (nSPS) is 10.2. The second-order valence-corrected chi connectivity index (χ2v) is 4.04. The van der Waals surface area contributed by atoms with Crippen molar-refractivity contribution in [3.63, 3.8) is 0 Å². The number of benzene rings is 1. The van der Waals surface area contributed by atoms with Crippen molar-refractivity contribution in [1.82, 2.24) is 9.97 Å². The van der Waals surface area contributed by atoms with E-state index in [4.69, 9.17) is 5.73 Å². The standard InChI is InChI=1S/C11H11FN4S/c1-17-11-15-9(13)6-10(16-11)14-8-5-3-2-4-7(8)12/h2-6H,1H3,(H3,13,14,15,16). The smallest absolute Gasteiger partial charge is 0.191 e. The number of nitrogen functional groups attached to an aromatic ring is 1. The van der Waals surface area contributed by atoms with Gasteiger partial charge in [0.1, 0.15) is 17.5 Å². The summed E-state index contributed by atoms with van der Waals surface area (Å²) in [7, 11) is 0. The molecule has 0 saturated carbocycles. The molecule has 0 spiro atoms. The van der Waals surface area contributed by atoms with Gasteiger partial charge in [0.15, 0.2) is 5.16 Å². The molecule has 0 amide bonds. The number of aromatic nitrogens is 2. The molecule has 1 aromatic heterocycles. The maximum atomic E-state index is 13.4. The highest BCUT2D eigenvalue weighted by molar-refractivity contribution is 7.98. The van der Waals surface area contributed by atoms with Crippen molar-refractivity contribution >= 4 is 29.1 Å². The molecule has 6 heteroatoms. The van der Waals surface area contributed by atoms with Crippen LogP contribution in [0.15, 0.2) is 35.5 Å². The third-order valence-electron chi connectivity index (χ3n) is 2.04. The lowest BCUT2D eigenvalue weighted by Gasteiger charge is -2.07. The Labute approximate surface area is 102 Å². The van der Waals surface area contributed by atoms with Gasteiger partial charge in [-0.1, -0.05) is 23.9 Å². The third kappa shape index (κ3) is 2.85. The van der Waals surface area contributed by atoms with Gasteiger partial charge in [0.2, 0.25) is 0 Å². The first kappa shape index (κ1) is 11.7. The Morgan fingerprint density at radius 1 is 1.29 bits per heavy atom. The van der Waals surface area contributed by atoms with Crippen LogP contribution in [0.1, 0.15) is 0 Å². The molecule has 2 rings (SSSR count). The number of thioether (sulfide) groups is 1. The molecule has 0 aliphatic heterocycles. The Balaban J connectivity index is 2.30. The van der Waals surface area contributed by atoms with Gasteiger partial charge in [-0.3, -0.25) is 0 Å². The van der Waals surface area contributed by atoms with E-state index in [-0.39, 0.29) is 5.82 Å². The number of nitrogens with one attached hydrogen (secondary N) is 1. The molecule has 0 aliphatic rings. The average molecular weight is 250 g/mol. The van der Waals surface area contributed by atoms with E-state index in [1.54, 1.807) is 24.3 Å². The maximum absolute atomic E-state index is 13.4. The highest BCUT2D eigenvalue weighted by Gasteiger charge is 2.05. The molecule has 0 fully saturated rings. The van der Waals surface area contributed by atoms with Crippen molar-refractivity contribution in [2.45, 2.75) is 5.16 Å². The molecule has 3 N–H and O–H groups in total. The Morgan fingerprint density at radius 2 is 2.06 bits per heavy atom. The van der Waals surface area contributed by atoms with Crippen LogP contribution in [0.2, 0.25) is 0 Å². The molecule has 0 bridgehead atoms. The fourth-order valence-electron chi connectivity index (χ4n) is 1.30. The molecular formula is C11H11FN4S. The van der Waals surface area contributed by atoms with Crippen molar-refractivity contribution in [3.8, 4) is 0 Å². The number of halogens is 1. The summed E-state index contributed by atoms with van der Waals surface area (Å²) >= 11 is 1.38. The summed E-state index contributed by atoms with van der Waals surface area (Å²) in [6.45, 7) is 0. The van der Waals surface area contributed by atoms with E-state index in [9.17, 15) is 4.39 Å². The third-order valence-corrected chi connectivity index (χ3v) is 2.59. The van der Waals surface area contributed by atoms with Gasteiger partial charge in [-0.2, -0.15) is 0 Å². The van der Waals surface area contributed by atoms with Crippen LogP contribution in [0.3, 0.4) is 0 Å². The summed E-state index contributed by atoms with van der Waals surface area (Å²) < 4.78 is 13.4. The highest BCUT2D eigenvalue weighted by Crippen LogP contribution is 2.21. The van der Waals surface area contributed by atoms with Crippen LogP contribution >= 0.6 is 11.8 Å². The topological polar surface area (TPSA) is 63.8 Å². The molecule has 2 aromatic rings. The Hall–Kier alpha value is -1.82. The summed E-state index contributed by atoms with van der Waals surface area (Å²) in [6.07, 6.45) is 1.85. The number of rotatable bonds is 3. The Kier molecular flexibility index (Phi) is 3.43. The molecule has 17 heavy (non-hydrogen) atoms. The number of anilines is 3. The minimum Gasteiger partial charge on any atom is -0.383 e. The van der Waals surface area contributed by atoms with Gasteiger partial charge in [0.05, 0.1) is 5.69 Å².